The lowest BCUT2D eigenvalue weighted by Crippen LogP contribution is -2.40. The molecule has 1 aliphatic rings. The highest BCUT2D eigenvalue weighted by Gasteiger charge is 2.18. The van der Waals surface area contributed by atoms with E-state index in [1.165, 1.54) is 6.08 Å². The Kier molecular flexibility index (Phi) is 7.13. The van der Waals surface area contributed by atoms with Crippen molar-refractivity contribution < 1.29 is 19.1 Å². The average Bonchev–Trinajstić information content (AvgIpc) is 2.77. The molecule has 0 bridgehead atoms. The number of carbonyl (C=O) groups is 3. The highest BCUT2D eigenvalue weighted by molar-refractivity contribution is 5.99. The highest BCUT2D eigenvalue weighted by atomic mass is 16.5. The molecule has 7 nitrogen and oxygen atoms in total. The number of carbonyl (C=O) groups excluding carboxylic acids is 3. The molecule has 0 unspecified atom stereocenters. The van der Waals surface area contributed by atoms with Crippen LogP contribution in [0.4, 0.5) is 5.69 Å². The monoisotopic (exact) mass is 393 g/mol. The van der Waals surface area contributed by atoms with E-state index in [2.05, 4.69) is 10.6 Å². The minimum atomic E-state index is -0.373. The van der Waals surface area contributed by atoms with E-state index >= 15 is 0 Å². The molecule has 2 aromatic carbocycles. The summed E-state index contributed by atoms with van der Waals surface area (Å²) in [5, 5.41) is 5.23. The summed E-state index contributed by atoms with van der Waals surface area (Å²) in [6.07, 6.45) is 3.05. The topological polar surface area (TPSA) is 87.7 Å². The number of nitrogens with zero attached hydrogens (tertiary/aromatic N) is 1. The fourth-order valence-corrected chi connectivity index (χ4v) is 2.85. The molecular weight excluding hydrogens is 370 g/mol. The van der Waals surface area contributed by atoms with Crippen molar-refractivity contribution in [1.82, 2.24) is 10.2 Å². The van der Waals surface area contributed by atoms with Crippen LogP contribution in [0, 0.1) is 0 Å². The second-order valence-electron chi connectivity index (χ2n) is 6.50. The molecule has 0 aliphatic carbocycles. The first kappa shape index (κ1) is 20.3. The van der Waals surface area contributed by atoms with Gasteiger partial charge in [-0.1, -0.05) is 36.4 Å². The Morgan fingerprint density at radius 3 is 2.52 bits per heavy atom. The minimum absolute atomic E-state index is 0.0937. The third kappa shape index (κ3) is 6.29. The molecule has 29 heavy (non-hydrogen) atoms. The van der Waals surface area contributed by atoms with Gasteiger partial charge in [0.25, 0.3) is 5.91 Å². The zero-order valence-corrected chi connectivity index (χ0v) is 16.0. The zero-order valence-electron chi connectivity index (χ0n) is 16.0. The third-order valence-corrected chi connectivity index (χ3v) is 4.34. The maximum Gasteiger partial charge on any atom is 0.254 e. The second-order valence-corrected chi connectivity index (χ2v) is 6.50. The molecule has 1 aliphatic heterocycles. The molecule has 0 spiro atoms. The maximum atomic E-state index is 12.5. The summed E-state index contributed by atoms with van der Waals surface area (Å²) in [7, 11) is 0. The number of ether oxygens (including phenoxy) is 1. The van der Waals surface area contributed by atoms with Crippen molar-refractivity contribution in [2.45, 2.75) is 0 Å². The van der Waals surface area contributed by atoms with E-state index in [4.69, 9.17) is 4.74 Å². The molecule has 0 atom stereocenters. The first-order valence-corrected chi connectivity index (χ1v) is 9.40. The van der Waals surface area contributed by atoms with Gasteiger partial charge < -0.3 is 20.3 Å². The van der Waals surface area contributed by atoms with Crippen LogP contribution in [0.1, 0.15) is 15.9 Å². The summed E-state index contributed by atoms with van der Waals surface area (Å²) in [5.41, 5.74) is 1.90. The fourth-order valence-electron chi connectivity index (χ4n) is 2.85. The number of rotatable bonds is 6. The van der Waals surface area contributed by atoms with Gasteiger partial charge in [-0.3, -0.25) is 14.4 Å². The normalized spacial score (nSPS) is 13.9. The maximum absolute atomic E-state index is 12.5. The van der Waals surface area contributed by atoms with Crippen LogP contribution in [-0.4, -0.2) is 55.5 Å². The number of nitrogens with one attached hydrogen (secondary N) is 2. The molecule has 3 amide bonds. The molecule has 0 radical (unpaired) electrons. The van der Waals surface area contributed by atoms with Gasteiger partial charge in [-0.15, -0.1) is 0 Å². The summed E-state index contributed by atoms with van der Waals surface area (Å²) in [4.78, 5) is 38.2. The van der Waals surface area contributed by atoms with Gasteiger partial charge in [0.2, 0.25) is 11.8 Å². The number of hydrogen-bond acceptors (Lipinski definition) is 4. The first-order chi connectivity index (χ1) is 14.1. The van der Waals surface area contributed by atoms with Gasteiger partial charge in [0.05, 0.1) is 19.8 Å². The summed E-state index contributed by atoms with van der Waals surface area (Å²) in [6, 6.07) is 16.2. The largest absolute Gasteiger partial charge is 0.378 e. The molecule has 2 aromatic rings. The predicted octanol–water partition coefficient (Wildman–Crippen LogP) is 1.93. The van der Waals surface area contributed by atoms with Crippen LogP contribution in [0.25, 0.3) is 6.08 Å². The van der Waals surface area contributed by atoms with Gasteiger partial charge >= 0.3 is 0 Å². The Morgan fingerprint density at radius 1 is 1.00 bits per heavy atom. The van der Waals surface area contributed by atoms with E-state index in [1.54, 1.807) is 35.2 Å². The lowest BCUT2D eigenvalue weighted by atomic mass is 10.1. The van der Waals surface area contributed by atoms with Crippen molar-refractivity contribution in [1.29, 1.82) is 0 Å². The van der Waals surface area contributed by atoms with E-state index in [1.807, 2.05) is 30.3 Å². The van der Waals surface area contributed by atoms with Crippen molar-refractivity contribution in [3.05, 3.63) is 71.8 Å². The van der Waals surface area contributed by atoms with Gasteiger partial charge in [-0.2, -0.15) is 0 Å². The van der Waals surface area contributed by atoms with E-state index in [0.717, 1.165) is 5.56 Å². The molecular formula is C22H23N3O4. The molecule has 150 valence electrons. The minimum Gasteiger partial charge on any atom is -0.378 e. The van der Waals surface area contributed by atoms with Gasteiger partial charge in [-0.25, -0.2) is 0 Å². The Morgan fingerprint density at radius 2 is 1.76 bits per heavy atom. The van der Waals surface area contributed by atoms with Crippen molar-refractivity contribution in [2.24, 2.45) is 0 Å². The number of benzene rings is 2. The van der Waals surface area contributed by atoms with Crippen molar-refractivity contribution in [3.8, 4) is 0 Å². The van der Waals surface area contributed by atoms with Gasteiger partial charge in [-0.05, 0) is 29.8 Å². The molecule has 7 heteroatoms. The Labute approximate surface area is 169 Å². The van der Waals surface area contributed by atoms with E-state index < -0.39 is 0 Å². The van der Waals surface area contributed by atoms with Crippen LogP contribution in [0.2, 0.25) is 0 Å². The van der Waals surface area contributed by atoms with Crippen LogP contribution in [-0.2, 0) is 14.3 Å². The fraction of sp³-hybridized carbons (Fsp3) is 0.227. The van der Waals surface area contributed by atoms with Gasteiger partial charge in [0.15, 0.2) is 0 Å². The molecule has 1 saturated heterocycles. The Bertz CT molecular complexity index is 890. The van der Waals surface area contributed by atoms with Crippen molar-refractivity contribution in [2.75, 3.05) is 38.2 Å². The molecule has 0 aromatic heterocycles. The number of amides is 3. The molecule has 3 rings (SSSR count). The van der Waals surface area contributed by atoms with Gasteiger partial charge in [0.1, 0.15) is 0 Å². The summed E-state index contributed by atoms with van der Waals surface area (Å²) >= 11 is 0. The summed E-state index contributed by atoms with van der Waals surface area (Å²) < 4.78 is 5.26. The van der Waals surface area contributed by atoms with Crippen LogP contribution in [0.15, 0.2) is 60.7 Å². The smallest absolute Gasteiger partial charge is 0.254 e. The summed E-state index contributed by atoms with van der Waals surface area (Å²) in [6.45, 7) is 2.00. The average molecular weight is 393 g/mol. The number of morpholine rings is 1. The van der Waals surface area contributed by atoms with Gasteiger partial charge in [0, 0.05) is 30.4 Å². The third-order valence-electron chi connectivity index (χ3n) is 4.34. The standard InChI is InChI=1S/C22H23N3O4/c26-20(10-9-17-5-2-1-3-6-17)23-16-21(27)24-19-8-4-7-18(15-19)22(28)25-11-13-29-14-12-25/h1-10,15H,11-14,16H2,(H,23,26)(H,24,27)/b10-9+. The predicted molar refractivity (Wildman–Crippen MR) is 110 cm³/mol. The van der Waals surface area contributed by atoms with Crippen LogP contribution < -0.4 is 10.6 Å². The summed E-state index contributed by atoms with van der Waals surface area (Å²) in [5.74, 6) is -0.827. The van der Waals surface area contributed by atoms with Crippen LogP contribution >= 0.6 is 0 Å². The first-order valence-electron chi connectivity index (χ1n) is 9.40. The van der Waals surface area contributed by atoms with Crippen molar-refractivity contribution in [3.63, 3.8) is 0 Å². The molecule has 0 saturated carbocycles. The molecule has 2 N–H and O–H groups in total. The number of hydrogen-bond donors (Lipinski definition) is 2. The van der Waals surface area contributed by atoms with Crippen molar-refractivity contribution >= 4 is 29.5 Å². The zero-order chi connectivity index (χ0) is 20.5. The van der Waals surface area contributed by atoms with Crippen LogP contribution in [0.5, 0.6) is 0 Å². The van der Waals surface area contributed by atoms with E-state index in [0.29, 0.717) is 37.6 Å². The second kappa shape index (κ2) is 10.2. The highest BCUT2D eigenvalue weighted by Crippen LogP contribution is 2.13. The lowest BCUT2D eigenvalue weighted by Gasteiger charge is -2.27. The Hall–Kier alpha value is -3.45. The Balaban J connectivity index is 1.49. The van der Waals surface area contributed by atoms with E-state index in [-0.39, 0.29) is 24.3 Å². The quantitative estimate of drug-likeness (QED) is 0.734. The molecule has 1 heterocycles. The lowest BCUT2D eigenvalue weighted by molar-refractivity contribution is -0.121. The van der Waals surface area contributed by atoms with Crippen LogP contribution in [0.3, 0.4) is 0 Å². The SMILES string of the molecule is O=C(/C=C/c1ccccc1)NCC(=O)Nc1cccc(C(=O)N2CCOCC2)c1. The number of anilines is 1. The van der Waals surface area contributed by atoms with E-state index in [9.17, 15) is 14.4 Å². The molecule has 1 fully saturated rings.